The summed E-state index contributed by atoms with van der Waals surface area (Å²) in [5.41, 5.74) is 8.13. The second-order valence-electron chi connectivity index (χ2n) is 6.14. The summed E-state index contributed by atoms with van der Waals surface area (Å²) in [4.78, 5) is 11.9. The van der Waals surface area contributed by atoms with Crippen molar-refractivity contribution in [3.8, 4) is 5.75 Å². The molecule has 0 saturated carbocycles. The van der Waals surface area contributed by atoms with Crippen LogP contribution in [0.25, 0.3) is 21.8 Å². The maximum atomic E-state index is 14.7. The maximum Gasteiger partial charge on any atom is 0.249 e. The zero-order valence-electron chi connectivity index (χ0n) is 14.2. The molecule has 130 valence electrons. The number of hydrogen-bond acceptors (Lipinski definition) is 2. The summed E-state index contributed by atoms with van der Waals surface area (Å²) in [6.07, 6.45) is 0. The molecule has 0 aliphatic rings. The molecule has 0 aliphatic carbocycles. The molecule has 1 heterocycles. The number of rotatable bonds is 4. The summed E-state index contributed by atoms with van der Waals surface area (Å²) in [5, 5.41) is 1.36. The van der Waals surface area contributed by atoms with Crippen LogP contribution in [-0.2, 0) is 6.54 Å². The van der Waals surface area contributed by atoms with E-state index in [-0.39, 0.29) is 5.82 Å². The van der Waals surface area contributed by atoms with E-state index in [1.54, 1.807) is 25.3 Å². The lowest BCUT2D eigenvalue weighted by Crippen LogP contribution is -2.11. The number of carbonyl (C=O) groups excluding carboxylic acids is 1. The normalized spacial score (nSPS) is 11.2. The third kappa shape index (κ3) is 2.49. The number of amides is 1. The Morgan fingerprint density at radius 3 is 2.65 bits per heavy atom. The fourth-order valence-electron chi connectivity index (χ4n) is 3.48. The highest BCUT2D eigenvalue weighted by atomic mass is 19.1. The van der Waals surface area contributed by atoms with E-state index >= 15 is 0 Å². The molecular formula is C21H17FN2O2. The first-order valence-corrected chi connectivity index (χ1v) is 8.22. The van der Waals surface area contributed by atoms with Gasteiger partial charge in [-0.2, -0.15) is 0 Å². The molecule has 0 atom stereocenters. The number of para-hydroxylation sites is 1. The number of primary amides is 1. The quantitative estimate of drug-likeness (QED) is 0.604. The SMILES string of the molecule is COc1cccc(Cn2c3cccc(C(N)=O)c3c3cccc(F)c32)c1. The average Bonchev–Trinajstić information content (AvgIpc) is 2.97. The highest BCUT2D eigenvalue weighted by Gasteiger charge is 2.18. The second kappa shape index (κ2) is 6.19. The molecule has 3 aromatic carbocycles. The number of halogens is 1. The smallest absolute Gasteiger partial charge is 0.249 e. The molecule has 4 rings (SSSR count). The Morgan fingerprint density at radius 2 is 1.88 bits per heavy atom. The number of methoxy groups -OCH3 is 1. The minimum atomic E-state index is -0.528. The minimum Gasteiger partial charge on any atom is -0.497 e. The van der Waals surface area contributed by atoms with Crippen LogP contribution in [0.1, 0.15) is 15.9 Å². The predicted molar refractivity (Wildman–Crippen MR) is 100 cm³/mol. The monoisotopic (exact) mass is 348 g/mol. The summed E-state index contributed by atoms with van der Waals surface area (Å²) in [7, 11) is 1.61. The number of nitrogens with two attached hydrogens (primary N) is 1. The molecule has 5 heteroatoms. The third-order valence-electron chi connectivity index (χ3n) is 4.60. The van der Waals surface area contributed by atoms with Crippen molar-refractivity contribution in [2.45, 2.75) is 6.54 Å². The molecule has 0 fully saturated rings. The van der Waals surface area contributed by atoms with Crippen LogP contribution in [0.5, 0.6) is 5.75 Å². The maximum absolute atomic E-state index is 14.7. The molecule has 26 heavy (non-hydrogen) atoms. The minimum absolute atomic E-state index is 0.336. The van der Waals surface area contributed by atoms with Gasteiger partial charge in [0.25, 0.3) is 0 Å². The Hall–Kier alpha value is -3.34. The van der Waals surface area contributed by atoms with Crippen molar-refractivity contribution in [1.82, 2.24) is 4.57 Å². The summed E-state index contributed by atoms with van der Waals surface area (Å²) >= 11 is 0. The largest absolute Gasteiger partial charge is 0.497 e. The third-order valence-corrected chi connectivity index (χ3v) is 4.60. The number of fused-ring (bicyclic) bond motifs is 3. The first-order chi connectivity index (χ1) is 12.6. The first kappa shape index (κ1) is 16.1. The summed E-state index contributed by atoms with van der Waals surface area (Å²) in [6.45, 7) is 0.445. The van der Waals surface area contributed by atoms with Gasteiger partial charge in [0.1, 0.15) is 11.6 Å². The topological polar surface area (TPSA) is 57.2 Å². The summed E-state index contributed by atoms with van der Waals surface area (Å²) in [5.74, 6) is -0.126. The van der Waals surface area contributed by atoms with Crippen LogP contribution in [0, 0.1) is 5.82 Å². The van der Waals surface area contributed by atoms with Crippen LogP contribution in [-0.4, -0.2) is 17.6 Å². The molecule has 2 N–H and O–H groups in total. The van der Waals surface area contributed by atoms with Crippen molar-refractivity contribution < 1.29 is 13.9 Å². The van der Waals surface area contributed by atoms with Gasteiger partial charge in [-0.05, 0) is 35.9 Å². The van der Waals surface area contributed by atoms with Crippen molar-refractivity contribution in [2.75, 3.05) is 7.11 Å². The van der Waals surface area contributed by atoms with E-state index < -0.39 is 5.91 Å². The lowest BCUT2D eigenvalue weighted by atomic mass is 10.1. The van der Waals surface area contributed by atoms with E-state index in [1.807, 2.05) is 41.0 Å². The van der Waals surface area contributed by atoms with Crippen LogP contribution < -0.4 is 10.5 Å². The molecule has 0 unspecified atom stereocenters. The Kier molecular flexibility index (Phi) is 3.84. The Morgan fingerprint density at radius 1 is 1.12 bits per heavy atom. The van der Waals surface area contributed by atoms with Crippen molar-refractivity contribution in [2.24, 2.45) is 5.73 Å². The molecule has 4 nitrogen and oxygen atoms in total. The van der Waals surface area contributed by atoms with Gasteiger partial charge in [0.2, 0.25) is 5.91 Å². The van der Waals surface area contributed by atoms with Crippen LogP contribution in [0.3, 0.4) is 0 Å². The van der Waals surface area contributed by atoms with E-state index in [4.69, 9.17) is 10.5 Å². The number of benzene rings is 3. The fourth-order valence-corrected chi connectivity index (χ4v) is 3.48. The Bertz CT molecular complexity index is 1150. The van der Waals surface area contributed by atoms with Gasteiger partial charge >= 0.3 is 0 Å². The standard InChI is InChI=1S/C21H17FN2O2/c1-26-14-6-2-5-13(11-14)12-24-18-10-4-8-16(21(23)25)19(18)15-7-3-9-17(22)20(15)24/h2-11H,12H2,1H3,(H2,23,25). The van der Waals surface area contributed by atoms with Crippen molar-refractivity contribution >= 4 is 27.7 Å². The molecule has 0 bridgehead atoms. The van der Waals surface area contributed by atoms with Gasteiger partial charge in [0.15, 0.2) is 0 Å². The molecule has 1 aromatic heterocycles. The van der Waals surface area contributed by atoms with E-state index in [2.05, 4.69) is 0 Å². The number of ether oxygens (including phenoxy) is 1. The number of carbonyl (C=O) groups is 1. The fraction of sp³-hybridized carbons (Fsp3) is 0.0952. The van der Waals surface area contributed by atoms with Crippen LogP contribution in [0.15, 0.2) is 60.7 Å². The second-order valence-corrected chi connectivity index (χ2v) is 6.14. The number of hydrogen-bond donors (Lipinski definition) is 1. The molecule has 0 spiro atoms. The average molecular weight is 348 g/mol. The molecular weight excluding hydrogens is 331 g/mol. The van der Waals surface area contributed by atoms with Crippen LogP contribution in [0.2, 0.25) is 0 Å². The Balaban J connectivity index is 2.03. The van der Waals surface area contributed by atoms with E-state index in [9.17, 15) is 9.18 Å². The van der Waals surface area contributed by atoms with E-state index in [1.165, 1.54) is 6.07 Å². The van der Waals surface area contributed by atoms with Crippen LogP contribution >= 0.6 is 0 Å². The number of aromatic nitrogens is 1. The van der Waals surface area contributed by atoms with Gasteiger partial charge in [-0.15, -0.1) is 0 Å². The Labute approximate surface area is 149 Å². The number of nitrogens with zero attached hydrogens (tertiary/aromatic N) is 1. The zero-order chi connectivity index (χ0) is 18.3. The van der Waals surface area contributed by atoms with E-state index in [0.717, 1.165) is 16.8 Å². The van der Waals surface area contributed by atoms with Crippen molar-refractivity contribution in [3.63, 3.8) is 0 Å². The van der Waals surface area contributed by atoms with Gasteiger partial charge in [-0.25, -0.2) is 4.39 Å². The van der Waals surface area contributed by atoms with Gasteiger partial charge in [0.05, 0.1) is 18.1 Å². The summed E-state index contributed by atoms with van der Waals surface area (Å²) < 4.78 is 21.9. The highest BCUT2D eigenvalue weighted by Crippen LogP contribution is 2.33. The van der Waals surface area contributed by atoms with Crippen molar-refractivity contribution in [3.05, 3.63) is 77.6 Å². The molecule has 0 saturated heterocycles. The van der Waals surface area contributed by atoms with Gasteiger partial charge in [-0.3, -0.25) is 4.79 Å². The van der Waals surface area contributed by atoms with E-state index in [0.29, 0.717) is 28.4 Å². The van der Waals surface area contributed by atoms with Gasteiger partial charge in [-0.1, -0.05) is 30.3 Å². The first-order valence-electron chi connectivity index (χ1n) is 8.22. The molecule has 4 aromatic rings. The molecule has 0 aliphatic heterocycles. The van der Waals surface area contributed by atoms with Gasteiger partial charge < -0.3 is 15.0 Å². The molecule has 0 radical (unpaired) electrons. The lowest BCUT2D eigenvalue weighted by molar-refractivity contribution is 0.100. The van der Waals surface area contributed by atoms with Gasteiger partial charge in [0, 0.05) is 22.9 Å². The summed E-state index contributed by atoms with van der Waals surface area (Å²) in [6, 6.07) is 17.8. The van der Waals surface area contributed by atoms with Crippen LogP contribution in [0.4, 0.5) is 4.39 Å². The highest BCUT2D eigenvalue weighted by molar-refractivity contribution is 6.17. The van der Waals surface area contributed by atoms with Crippen molar-refractivity contribution in [1.29, 1.82) is 0 Å². The zero-order valence-corrected chi connectivity index (χ0v) is 14.2. The predicted octanol–water partition coefficient (Wildman–Crippen LogP) is 4.09. The molecule has 1 amide bonds. The lowest BCUT2D eigenvalue weighted by Gasteiger charge is -2.10.